The summed E-state index contributed by atoms with van der Waals surface area (Å²) in [5.41, 5.74) is 1.55. The molecule has 1 heterocycles. The second-order valence-corrected chi connectivity index (χ2v) is 8.81. The third-order valence-corrected chi connectivity index (χ3v) is 6.85. The number of urea groups is 1. The van der Waals surface area contributed by atoms with Crippen LogP contribution in [-0.2, 0) is 0 Å². The number of carbonyl (C=O) groups excluding carboxylic acids is 2. The molecule has 1 saturated carbocycles. The number of amides is 3. The monoisotopic (exact) mass is 467 g/mol. The Bertz CT molecular complexity index is 1040. The average molecular weight is 468 g/mol. The molecule has 2 aromatic rings. The molecule has 1 aliphatic heterocycles. The van der Waals surface area contributed by atoms with Crippen molar-refractivity contribution < 1.29 is 23.8 Å². The van der Waals surface area contributed by atoms with Gasteiger partial charge in [-0.3, -0.25) is 4.79 Å². The fourth-order valence-corrected chi connectivity index (χ4v) is 5.16. The summed E-state index contributed by atoms with van der Waals surface area (Å²) in [4.78, 5) is 28.1. The van der Waals surface area contributed by atoms with Crippen LogP contribution in [0, 0.1) is 5.92 Å². The van der Waals surface area contributed by atoms with Crippen molar-refractivity contribution in [3.8, 4) is 17.2 Å². The van der Waals surface area contributed by atoms with E-state index < -0.39 is 6.03 Å². The summed E-state index contributed by atoms with van der Waals surface area (Å²) in [5.74, 6) is 2.17. The van der Waals surface area contributed by atoms with Crippen LogP contribution < -0.4 is 24.8 Å². The summed E-state index contributed by atoms with van der Waals surface area (Å²) in [6, 6.07) is 10.2. The average Bonchev–Trinajstić information content (AvgIpc) is 2.88. The lowest BCUT2D eigenvalue weighted by Gasteiger charge is -2.44. The van der Waals surface area contributed by atoms with Gasteiger partial charge in [0.15, 0.2) is 0 Å². The van der Waals surface area contributed by atoms with Crippen molar-refractivity contribution in [2.45, 2.75) is 44.6 Å². The summed E-state index contributed by atoms with van der Waals surface area (Å²) < 4.78 is 16.1. The van der Waals surface area contributed by atoms with Gasteiger partial charge in [-0.2, -0.15) is 0 Å². The maximum absolute atomic E-state index is 13.5. The van der Waals surface area contributed by atoms with Gasteiger partial charge in [0, 0.05) is 30.4 Å². The number of anilines is 2. The normalized spacial score (nSPS) is 19.6. The lowest BCUT2D eigenvalue weighted by atomic mass is 9.78. The van der Waals surface area contributed by atoms with Crippen molar-refractivity contribution >= 4 is 23.3 Å². The molecular weight excluding hydrogens is 434 g/mol. The molecule has 34 heavy (non-hydrogen) atoms. The number of hydrogen-bond acceptors (Lipinski definition) is 5. The molecule has 2 fully saturated rings. The molecule has 4 rings (SSSR count). The Morgan fingerprint density at radius 1 is 0.853 bits per heavy atom. The van der Waals surface area contributed by atoms with Crippen LogP contribution >= 0.6 is 0 Å². The van der Waals surface area contributed by atoms with E-state index in [0.29, 0.717) is 46.1 Å². The molecule has 3 amide bonds. The van der Waals surface area contributed by atoms with Gasteiger partial charge in [-0.1, -0.05) is 12.8 Å². The van der Waals surface area contributed by atoms with E-state index in [1.165, 1.54) is 39.9 Å². The van der Waals surface area contributed by atoms with E-state index in [2.05, 4.69) is 10.6 Å². The zero-order valence-electron chi connectivity index (χ0n) is 20.1. The molecule has 0 aromatic heterocycles. The highest BCUT2D eigenvalue weighted by Gasteiger charge is 2.36. The van der Waals surface area contributed by atoms with E-state index in [0.717, 1.165) is 19.4 Å². The van der Waals surface area contributed by atoms with Gasteiger partial charge in [0.2, 0.25) is 0 Å². The molecule has 0 bridgehead atoms. The maximum Gasteiger partial charge on any atom is 0.323 e. The molecule has 0 radical (unpaired) electrons. The minimum Gasteiger partial charge on any atom is -0.497 e. The number of ether oxygens (including phenoxy) is 3. The molecule has 2 N–H and O–H groups in total. The zero-order valence-corrected chi connectivity index (χ0v) is 20.1. The molecule has 8 heteroatoms. The van der Waals surface area contributed by atoms with E-state index >= 15 is 0 Å². The Kier molecular flexibility index (Phi) is 7.45. The van der Waals surface area contributed by atoms with Gasteiger partial charge in [0.25, 0.3) is 5.91 Å². The Balaban J connectivity index is 1.47. The highest BCUT2D eigenvalue weighted by molar-refractivity contribution is 6.02. The number of piperidine rings is 1. The number of benzene rings is 2. The van der Waals surface area contributed by atoms with E-state index in [1.807, 2.05) is 4.90 Å². The Morgan fingerprint density at radius 2 is 1.62 bits per heavy atom. The first-order valence-electron chi connectivity index (χ1n) is 11.8. The lowest BCUT2D eigenvalue weighted by Crippen LogP contribution is -2.49. The fraction of sp³-hybridized carbons (Fsp3) is 0.462. The van der Waals surface area contributed by atoms with Crippen molar-refractivity contribution in [3.63, 3.8) is 0 Å². The number of nitrogens with zero attached hydrogens (tertiary/aromatic N) is 1. The standard InChI is InChI=1S/C26H33N3O5/c1-32-19-11-13-21(24(16-19)34-3)28-26(31)27-18-10-12-20(23(15-18)33-2)25(30)29-14-6-8-17-7-4-5-9-22(17)29/h10-13,15-17,22H,4-9,14H2,1-3H3,(H2,27,28,31)/t17-,22-/m1/s1. The SMILES string of the molecule is COc1ccc(NC(=O)Nc2ccc(C(=O)N3CCC[C@H]4CCCC[C@H]43)c(OC)c2)c(OC)c1. The highest BCUT2D eigenvalue weighted by atomic mass is 16.5. The van der Waals surface area contributed by atoms with Gasteiger partial charge in [0.05, 0.1) is 32.6 Å². The number of nitrogens with one attached hydrogen (secondary N) is 2. The highest BCUT2D eigenvalue weighted by Crippen LogP contribution is 2.37. The molecule has 8 nitrogen and oxygen atoms in total. The van der Waals surface area contributed by atoms with Crippen LogP contribution in [0.2, 0.25) is 0 Å². The van der Waals surface area contributed by atoms with E-state index in [-0.39, 0.29) is 5.91 Å². The molecular formula is C26H33N3O5. The third-order valence-electron chi connectivity index (χ3n) is 6.85. The van der Waals surface area contributed by atoms with Crippen LogP contribution in [-0.4, -0.2) is 50.8 Å². The van der Waals surface area contributed by atoms with Crippen LogP contribution in [0.25, 0.3) is 0 Å². The smallest absolute Gasteiger partial charge is 0.323 e. The first kappa shape index (κ1) is 23.7. The molecule has 2 aliphatic rings. The van der Waals surface area contributed by atoms with Gasteiger partial charge in [-0.15, -0.1) is 0 Å². The van der Waals surface area contributed by atoms with Crippen LogP contribution in [0.1, 0.15) is 48.9 Å². The molecule has 182 valence electrons. The zero-order chi connectivity index (χ0) is 24.1. The molecule has 0 unspecified atom stereocenters. The Morgan fingerprint density at radius 3 is 2.38 bits per heavy atom. The maximum atomic E-state index is 13.5. The van der Waals surface area contributed by atoms with Crippen molar-refractivity contribution in [2.75, 3.05) is 38.5 Å². The van der Waals surface area contributed by atoms with Crippen LogP contribution in [0.5, 0.6) is 17.2 Å². The Hall–Kier alpha value is -3.42. The second kappa shape index (κ2) is 10.7. The quantitative estimate of drug-likeness (QED) is 0.613. The van der Waals surface area contributed by atoms with Crippen molar-refractivity contribution in [1.82, 2.24) is 4.90 Å². The van der Waals surface area contributed by atoms with E-state index in [4.69, 9.17) is 14.2 Å². The van der Waals surface area contributed by atoms with Gasteiger partial charge < -0.3 is 29.7 Å². The number of fused-ring (bicyclic) bond motifs is 1. The van der Waals surface area contributed by atoms with Crippen molar-refractivity contribution in [2.24, 2.45) is 5.92 Å². The van der Waals surface area contributed by atoms with Crippen LogP contribution in [0.3, 0.4) is 0 Å². The predicted octanol–water partition coefficient (Wildman–Crippen LogP) is 5.15. The van der Waals surface area contributed by atoms with Gasteiger partial charge in [-0.05, 0) is 55.9 Å². The number of methoxy groups -OCH3 is 3. The fourth-order valence-electron chi connectivity index (χ4n) is 5.16. The number of likely N-dealkylation sites (tertiary alicyclic amines) is 1. The molecule has 2 atom stereocenters. The summed E-state index contributed by atoms with van der Waals surface area (Å²) in [5, 5.41) is 5.57. The number of carbonyl (C=O) groups is 2. The van der Waals surface area contributed by atoms with Gasteiger partial charge in [-0.25, -0.2) is 4.79 Å². The first-order valence-corrected chi connectivity index (χ1v) is 11.8. The van der Waals surface area contributed by atoms with Crippen LogP contribution in [0.15, 0.2) is 36.4 Å². The van der Waals surface area contributed by atoms with Crippen molar-refractivity contribution in [1.29, 1.82) is 0 Å². The minimum atomic E-state index is -0.439. The molecule has 1 saturated heterocycles. The summed E-state index contributed by atoms with van der Waals surface area (Å²) >= 11 is 0. The molecule has 1 aliphatic carbocycles. The summed E-state index contributed by atoms with van der Waals surface area (Å²) in [6.07, 6.45) is 6.98. The lowest BCUT2D eigenvalue weighted by molar-refractivity contribution is 0.0388. The molecule has 0 spiro atoms. The van der Waals surface area contributed by atoms with Gasteiger partial charge >= 0.3 is 6.03 Å². The summed E-state index contributed by atoms with van der Waals surface area (Å²) in [7, 11) is 4.63. The largest absolute Gasteiger partial charge is 0.497 e. The van der Waals surface area contributed by atoms with E-state index in [9.17, 15) is 9.59 Å². The topological polar surface area (TPSA) is 89.1 Å². The predicted molar refractivity (Wildman–Crippen MR) is 131 cm³/mol. The number of hydrogen-bond donors (Lipinski definition) is 2. The second-order valence-electron chi connectivity index (χ2n) is 8.81. The minimum absolute atomic E-state index is 0.00687. The molecule has 2 aromatic carbocycles. The van der Waals surface area contributed by atoms with E-state index in [1.54, 1.807) is 43.5 Å². The first-order chi connectivity index (χ1) is 16.5. The van der Waals surface area contributed by atoms with Crippen LogP contribution in [0.4, 0.5) is 16.2 Å². The third kappa shape index (κ3) is 5.05. The number of rotatable bonds is 6. The Labute approximate surface area is 200 Å². The van der Waals surface area contributed by atoms with Gasteiger partial charge in [0.1, 0.15) is 17.2 Å². The van der Waals surface area contributed by atoms with Crippen molar-refractivity contribution in [3.05, 3.63) is 42.0 Å². The summed E-state index contributed by atoms with van der Waals surface area (Å²) in [6.45, 7) is 0.787.